The van der Waals surface area contributed by atoms with Crippen LogP contribution in [0.1, 0.15) is 39.5 Å². The highest BCUT2D eigenvalue weighted by molar-refractivity contribution is 5.78. The lowest BCUT2D eigenvalue weighted by Crippen LogP contribution is -2.49. The van der Waals surface area contributed by atoms with Crippen molar-refractivity contribution in [1.82, 2.24) is 9.80 Å². The molecule has 1 fully saturated rings. The molecule has 1 aliphatic heterocycles. The molecule has 94 valence electrons. The molecule has 0 bridgehead atoms. The fourth-order valence-electron chi connectivity index (χ4n) is 2.37. The first-order chi connectivity index (χ1) is 7.69. The summed E-state index contributed by atoms with van der Waals surface area (Å²) in [5, 5.41) is 0. The highest BCUT2D eigenvalue weighted by Gasteiger charge is 2.25. The van der Waals surface area contributed by atoms with E-state index in [0.29, 0.717) is 5.91 Å². The standard InChI is InChI=1S/C13H26N2O/c1-4-6-12(7-5-2)13(16)15-10-8-14(3)9-11-15/h12H,4-11H2,1-3H3. The molecular formula is C13H26N2O. The number of carbonyl (C=O) groups excluding carboxylic acids is 1. The summed E-state index contributed by atoms with van der Waals surface area (Å²) in [6.45, 7) is 8.21. The molecule has 0 unspecified atom stereocenters. The highest BCUT2D eigenvalue weighted by atomic mass is 16.2. The van der Waals surface area contributed by atoms with E-state index < -0.39 is 0 Å². The van der Waals surface area contributed by atoms with E-state index in [-0.39, 0.29) is 5.92 Å². The number of piperazine rings is 1. The lowest BCUT2D eigenvalue weighted by molar-refractivity contribution is -0.137. The van der Waals surface area contributed by atoms with Crippen LogP contribution in [-0.4, -0.2) is 48.9 Å². The Labute approximate surface area is 99.8 Å². The predicted molar refractivity (Wildman–Crippen MR) is 67.4 cm³/mol. The van der Waals surface area contributed by atoms with E-state index >= 15 is 0 Å². The Morgan fingerprint density at radius 3 is 2.00 bits per heavy atom. The zero-order chi connectivity index (χ0) is 12.0. The van der Waals surface area contributed by atoms with Crippen LogP contribution in [0.2, 0.25) is 0 Å². The van der Waals surface area contributed by atoms with Crippen LogP contribution in [0.25, 0.3) is 0 Å². The van der Waals surface area contributed by atoms with Crippen molar-refractivity contribution < 1.29 is 4.79 Å². The second kappa shape index (κ2) is 6.89. The monoisotopic (exact) mass is 226 g/mol. The van der Waals surface area contributed by atoms with E-state index in [0.717, 1.165) is 51.9 Å². The van der Waals surface area contributed by atoms with Gasteiger partial charge in [-0.2, -0.15) is 0 Å². The summed E-state index contributed by atoms with van der Waals surface area (Å²) in [4.78, 5) is 16.6. The lowest BCUT2D eigenvalue weighted by atomic mass is 9.96. The number of carbonyl (C=O) groups is 1. The summed E-state index contributed by atoms with van der Waals surface area (Å²) in [7, 11) is 2.12. The molecule has 1 saturated heterocycles. The molecule has 0 aliphatic carbocycles. The summed E-state index contributed by atoms with van der Waals surface area (Å²) in [5.74, 6) is 0.676. The van der Waals surface area contributed by atoms with Gasteiger partial charge in [0.15, 0.2) is 0 Å². The summed E-state index contributed by atoms with van der Waals surface area (Å²) in [6, 6.07) is 0. The summed E-state index contributed by atoms with van der Waals surface area (Å²) < 4.78 is 0. The number of rotatable bonds is 5. The average Bonchev–Trinajstić information content (AvgIpc) is 2.29. The van der Waals surface area contributed by atoms with Crippen molar-refractivity contribution in [2.45, 2.75) is 39.5 Å². The van der Waals surface area contributed by atoms with E-state index in [1.54, 1.807) is 0 Å². The molecule has 0 radical (unpaired) electrons. The number of hydrogen-bond donors (Lipinski definition) is 0. The second-order valence-corrected chi connectivity index (χ2v) is 4.90. The van der Waals surface area contributed by atoms with Crippen molar-refractivity contribution in [2.24, 2.45) is 5.92 Å². The molecule has 3 nitrogen and oxygen atoms in total. The van der Waals surface area contributed by atoms with Gasteiger partial charge in [0.05, 0.1) is 0 Å². The number of amides is 1. The topological polar surface area (TPSA) is 23.6 Å². The van der Waals surface area contributed by atoms with Crippen molar-refractivity contribution >= 4 is 5.91 Å². The first kappa shape index (κ1) is 13.5. The van der Waals surface area contributed by atoms with Gasteiger partial charge in [0.2, 0.25) is 5.91 Å². The van der Waals surface area contributed by atoms with Crippen molar-refractivity contribution in [3.05, 3.63) is 0 Å². The molecule has 1 rings (SSSR count). The third-order valence-corrected chi connectivity index (χ3v) is 3.44. The van der Waals surface area contributed by atoms with Crippen molar-refractivity contribution in [2.75, 3.05) is 33.2 Å². The largest absolute Gasteiger partial charge is 0.340 e. The van der Waals surface area contributed by atoms with Gasteiger partial charge in [-0.05, 0) is 19.9 Å². The van der Waals surface area contributed by atoms with Crippen LogP contribution in [0.15, 0.2) is 0 Å². The first-order valence-corrected chi connectivity index (χ1v) is 6.66. The Morgan fingerprint density at radius 1 is 1.06 bits per heavy atom. The van der Waals surface area contributed by atoms with Crippen LogP contribution in [0.5, 0.6) is 0 Å². The van der Waals surface area contributed by atoms with Crippen molar-refractivity contribution in [3.8, 4) is 0 Å². The Morgan fingerprint density at radius 2 is 1.56 bits per heavy atom. The minimum Gasteiger partial charge on any atom is -0.340 e. The van der Waals surface area contributed by atoms with Gasteiger partial charge in [0.1, 0.15) is 0 Å². The van der Waals surface area contributed by atoms with E-state index in [1.165, 1.54) is 0 Å². The smallest absolute Gasteiger partial charge is 0.225 e. The average molecular weight is 226 g/mol. The van der Waals surface area contributed by atoms with E-state index in [4.69, 9.17) is 0 Å². The maximum atomic E-state index is 12.3. The molecule has 16 heavy (non-hydrogen) atoms. The van der Waals surface area contributed by atoms with Crippen LogP contribution < -0.4 is 0 Å². The summed E-state index contributed by atoms with van der Waals surface area (Å²) in [6.07, 6.45) is 4.34. The van der Waals surface area contributed by atoms with Crippen LogP contribution in [-0.2, 0) is 4.79 Å². The van der Waals surface area contributed by atoms with Gasteiger partial charge in [-0.15, -0.1) is 0 Å². The third kappa shape index (κ3) is 3.78. The number of likely N-dealkylation sites (N-methyl/N-ethyl adjacent to an activating group) is 1. The quantitative estimate of drug-likeness (QED) is 0.715. The van der Waals surface area contributed by atoms with Crippen LogP contribution in [0.4, 0.5) is 0 Å². The first-order valence-electron chi connectivity index (χ1n) is 6.66. The van der Waals surface area contributed by atoms with E-state index in [1.807, 2.05) is 0 Å². The van der Waals surface area contributed by atoms with Crippen LogP contribution in [0, 0.1) is 5.92 Å². The minimum atomic E-state index is 0.276. The molecule has 1 aliphatic rings. The molecule has 0 atom stereocenters. The molecule has 0 aromatic heterocycles. The Hall–Kier alpha value is -0.570. The predicted octanol–water partition coefficient (Wildman–Crippen LogP) is 1.98. The molecular weight excluding hydrogens is 200 g/mol. The van der Waals surface area contributed by atoms with Crippen molar-refractivity contribution in [3.63, 3.8) is 0 Å². The van der Waals surface area contributed by atoms with Gasteiger partial charge in [-0.1, -0.05) is 26.7 Å². The molecule has 3 heteroatoms. The lowest BCUT2D eigenvalue weighted by Gasteiger charge is -2.34. The Kier molecular flexibility index (Phi) is 5.81. The van der Waals surface area contributed by atoms with Crippen molar-refractivity contribution in [1.29, 1.82) is 0 Å². The number of hydrogen-bond acceptors (Lipinski definition) is 2. The van der Waals surface area contributed by atoms with Gasteiger partial charge in [0, 0.05) is 32.1 Å². The van der Waals surface area contributed by atoms with Gasteiger partial charge >= 0.3 is 0 Å². The Bertz CT molecular complexity index is 204. The van der Waals surface area contributed by atoms with E-state index in [2.05, 4.69) is 30.7 Å². The normalized spacial score (nSPS) is 18.1. The zero-order valence-corrected chi connectivity index (χ0v) is 11.0. The molecule has 0 N–H and O–H groups in total. The fourth-order valence-corrected chi connectivity index (χ4v) is 2.37. The van der Waals surface area contributed by atoms with E-state index in [9.17, 15) is 4.79 Å². The molecule has 1 heterocycles. The van der Waals surface area contributed by atoms with Gasteiger partial charge < -0.3 is 9.80 Å². The van der Waals surface area contributed by atoms with Gasteiger partial charge in [-0.3, -0.25) is 4.79 Å². The maximum absolute atomic E-state index is 12.3. The van der Waals surface area contributed by atoms with Crippen LogP contribution >= 0.6 is 0 Å². The molecule has 1 amide bonds. The molecule has 0 saturated carbocycles. The highest BCUT2D eigenvalue weighted by Crippen LogP contribution is 2.17. The second-order valence-electron chi connectivity index (χ2n) is 4.90. The SMILES string of the molecule is CCCC(CCC)C(=O)N1CCN(C)CC1. The Balaban J connectivity index is 2.46. The molecule has 0 aromatic rings. The summed E-state index contributed by atoms with van der Waals surface area (Å²) in [5.41, 5.74) is 0. The van der Waals surface area contributed by atoms with Gasteiger partial charge in [-0.25, -0.2) is 0 Å². The zero-order valence-electron chi connectivity index (χ0n) is 11.0. The molecule has 0 spiro atoms. The third-order valence-electron chi connectivity index (χ3n) is 3.44. The van der Waals surface area contributed by atoms with Gasteiger partial charge in [0.25, 0.3) is 0 Å². The summed E-state index contributed by atoms with van der Waals surface area (Å²) >= 11 is 0. The van der Waals surface area contributed by atoms with Crippen LogP contribution in [0.3, 0.4) is 0 Å². The minimum absolute atomic E-state index is 0.276. The number of nitrogens with zero attached hydrogens (tertiary/aromatic N) is 2. The maximum Gasteiger partial charge on any atom is 0.225 e. The fraction of sp³-hybridized carbons (Fsp3) is 0.923. The molecule has 0 aromatic carbocycles.